The van der Waals surface area contributed by atoms with Gasteiger partial charge in [-0.2, -0.15) is 0 Å². The maximum absolute atomic E-state index is 11.7. The molecule has 1 aliphatic carbocycles. The third kappa shape index (κ3) is 2.40. The highest BCUT2D eigenvalue weighted by molar-refractivity contribution is 6.81. The summed E-state index contributed by atoms with van der Waals surface area (Å²) in [6.45, 7) is 10.8. The highest BCUT2D eigenvalue weighted by atomic mass is 28.3. The molecule has 0 bridgehead atoms. The average molecular weight is 194 g/mol. The normalized spacial score (nSPS) is 21.9. The first-order valence-electron chi connectivity index (χ1n) is 4.74. The van der Waals surface area contributed by atoms with Crippen LogP contribution in [0.1, 0.15) is 20.3 Å². The van der Waals surface area contributed by atoms with E-state index in [0.717, 1.165) is 17.6 Å². The van der Waals surface area contributed by atoms with Crippen molar-refractivity contribution in [1.82, 2.24) is 0 Å². The molecule has 72 valence electrons. The molecule has 0 atom stereocenters. The minimum Gasteiger partial charge on any atom is -0.289 e. The summed E-state index contributed by atoms with van der Waals surface area (Å²) in [4.78, 5) is 11.7. The van der Waals surface area contributed by atoms with Crippen LogP contribution in [0.2, 0.25) is 19.6 Å². The molecule has 0 unspecified atom stereocenters. The molecule has 1 nitrogen and oxygen atoms in total. The summed E-state index contributed by atoms with van der Waals surface area (Å²) in [7, 11) is -1.23. The lowest BCUT2D eigenvalue weighted by Crippen LogP contribution is -2.18. The number of hydrogen-bond donors (Lipinski definition) is 0. The Bertz CT molecular complexity index is 303. The molecular formula is C11H18OSi. The largest absolute Gasteiger partial charge is 0.289 e. The number of ketones is 1. The summed E-state index contributed by atoms with van der Waals surface area (Å²) in [5.41, 5.74) is 5.48. The maximum Gasteiger partial charge on any atom is 0.184 e. The van der Waals surface area contributed by atoms with Crippen LogP contribution in [-0.2, 0) is 4.79 Å². The molecule has 0 aliphatic heterocycles. The van der Waals surface area contributed by atoms with Crippen molar-refractivity contribution in [2.24, 2.45) is 0 Å². The minimum atomic E-state index is -1.23. The molecular weight excluding hydrogens is 176 g/mol. The van der Waals surface area contributed by atoms with Crippen molar-refractivity contribution in [1.29, 1.82) is 0 Å². The van der Waals surface area contributed by atoms with Gasteiger partial charge in [-0.05, 0) is 31.4 Å². The fraction of sp³-hybridized carbons (Fsp3) is 0.545. The zero-order valence-electron chi connectivity index (χ0n) is 9.19. The number of Topliss-reactive ketones (excluding diaryl/α,β-unsaturated/α-hetero) is 1. The Balaban J connectivity index is 2.93. The van der Waals surface area contributed by atoms with E-state index in [4.69, 9.17) is 0 Å². The third-order valence-corrected chi connectivity index (χ3v) is 3.55. The molecule has 0 amide bonds. The van der Waals surface area contributed by atoms with E-state index in [1.54, 1.807) is 0 Å². The summed E-state index contributed by atoms with van der Waals surface area (Å²) in [5, 5.41) is 0. The summed E-state index contributed by atoms with van der Waals surface area (Å²) < 4.78 is 0. The van der Waals surface area contributed by atoms with Crippen LogP contribution >= 0.6 is 0 Å². The van der Waals surface area contributed by atoms with Gasteiger partial charge in [-0.25, -0.2) is 0 Å². The molecule has 0 aromatic rings. The molecule has 0 spiro atoms. The van der Waals surface area contributed by atoms with E-state index in [9.17, 15) is 4.79 Å². The highest BCUT2D eigenvalue weighted by Gasteiger charge is 2.24. The first kappa shape index (κ1) is 10.4. The van der Waals surface area contributed by atoms with Gasteiger partial charge in [-0.15, -0.1) is 0 Å². The number of carbonyl (C=O) groups excluding carboxylic acids is 1. The Morgan fingerprint density at radius 1 is 1.23 bits per heavy atom. The fourth-order valence-corrected chi connectivity index (χ4v) is 2.85. The second-order valence-electron chi connectivity index (χ2n) is 4.95. The predicted molar refractivity (Wildman–Crippen MR) is 59.4 cm³/mol. The van der Waals surface area contributed by atoms with Crippen LogP contribution in [0.3, 0.4) is 0 Å². The van der Waals surface area contributed by atoms with Crippen molar-refractivity contribution < 1.29 is 4.79 Å². The van der Waals surface area contributed by atoms with Gasteiger partial charge in [0.1, 0.15) is 0 Å². The number of rotatable bonds is 1. The van der Waals surface area contributed by atoms with Gasteiger partial charge in [-0.1, -0.05) is 30.9 Å². The third-order valence-electron chi connectivity index (χ3n) is 2.34. The lowest BCUT2D eigenvalue weighted by atomic mass is 10.2. The Morgan fingerprint density at radius 2 is 1.77 bits per heavy atom. The Morgan fingerprint density at radius 3 is 2.08 bits per heavy atom. The van der Waals surface area contributed by atoms with Gasteiger partial charge < -0.3 is 0 Å². The van der Waals surface area contributed by atoms with Gasteiger partial charge in [0.15, 0.2) is 5.78 Å². The molecule has 0 fully saturated rings. The molecule has 0 N–H and O–H groups in total. The van der Waals surface area contributed by atoms with Crippen LogP contribution < -0.4 is 0 Å². The van der Waals surface area contributed by atoms with E-state index in [1.807, 2.05) is 6.92 Å². The molecule has 0 saturated heterocycles. The number of allylic oxidation sites excluding steroid dienone is 3. The standard InChI is InChI=1S/C11H18OSi/c1-8-6-10(7-13(3,4)5)11(12)9(8)2/h7H,6H2,1-5H3/b10-7+. The second kappa shape index (κ2) is 3.26. The van der Waals surface area contributed by atoms with E-state index >= 15 is 0 Å². The Kier molecular flexibility index (Phi) is 2.62. The number of carbonyl (C=O) groups is 1. The van der Waals surface area contributed by atoms with Crippen molar-refractivity contribution in [3.63, 3.8) is 0 Å². The molecule has 1 rings (SSSR count). The SMILES string of the molecule is CC1=C(C)C(=O)/C(=C/[Si](C)(C)C)C1. The van der Waals surface area contributed by atoms with E-state index < -0.39 is 8.07 Å². The van der Waals surface area contributed by atoms with Gasteiger partial charge in [0.2, 0.25) is 0 Å². The quantitative estimate of drug-likeness (QED) is 0.463. The van der Waals surface area contributed by atoms with Crippen LogP contribution in [0.15, 0.2) is 22.4 Å². The smallest absolute Gasteiger partial charge is 0.184 e. The van der Waals surface area contributed by atoms with Gasteiger partial charge >= 0.3 is 0 Å². The maximum atomic E-state index is 11.7. The van der Waals surface area contributed by atoms with E-state index in [1.165, 1.54) is 5.57 Å². The summed E-state index contributed by atoms with van der Waals surface area (Å²) in [6.07, 6.45) is 0.884. The molecule has 0 aromatic carbocycles. The van der Waals surface area contributed by atoms with Crippen molar-refractivity contribution in [2.75, 3.05) is 0 Å². The predicted octanol–water partition coefficient (Wildman–Crippen LogP) is 3.10. The monoisotopic (exact) mass is 194 g/mol. The van der Waals surface area contributed by atoms with Gasteiger partial charge in [0.05, 0.1) is 8.07 Å². The van der Waals surface area contributed by atoms with Gasteiger partial charge in [-0.3, -0.25) is 4.79 Å². The summed E-state index contributed by atoms with van der Waals surface area (Å²) in [6, 6.07) is 0. The zero-order valence-corrected chi connectivity index (χ0v) is 10.2. The van der Waals surface area contributed by atoms with Crippen LogP contribution in [0, 0.1) is 0 Å². The second-order valence-corrected chi connectivity index (χ2v) is 9.97. The molecule has 0 saturated carbocycles. The topological polar surface area (TPSA) is 17.1 Å². The van der Waals surface area contributed by atoms with E-state index in [2.05, 4.69) is 32.3 Å². The summed E-state index contributed by atoms with van der Waals surface area (Å²) >= 11 is 0. The van der Waals surface area contributed by atoms with Gasteiger partial charge in [0, 0.05) is 0 Å². The number of hydrogen-bond acceptors (Lipinski definition) is 1. The molecule has 0 aromatic heterocycles. The van der Waals surface area contributed by atoms with Crippen LogP contribution in [0.5, 0.6) is 0 Å². The van der Waals surface area contributed by atoms with Crippen molar-refractivity contribution in [3.8, 4) is 0 Å². The van der Waals surface area contributed by atoms with Crippen LogP contribution in [0.4, 0.5) is 0 Å². The van der Waals surface area contributed by atoms with Gasteiger partial charge in [0.25, 0.3) is 0 Å². The van der Waals surface area contributed by atoms with E-state index in [-0.39, 0.29) is 5.78 Å². The average Bonchev–Trinajstić information content (AvgIpc) is 2.15. The van der Waals surface area contributed by atoms with Crippen LogP contribution in [-0.4, -0.2) is 13.9 Å². The molecule has 0 radical (unpaired) electrons. The molecule has 13 heavy (non-hydrogen) atoms. The van der Waals surface area contributed by atoms with Crippen molar-refractivity contribution in [3.05, 3.63) is 22.4 Å². The van der Waals surface area contributed by atoms with Crippen LogP contribution in [0.25, 0.3) is 0 Å². The minimum absolute atomic E-state index is 0.278. The summed E-state index contributed by atoms with van der Waals surface area (Å²) in [5.74, 6) is 0.278. The first-order valence-corrected chi connectivity index (χ1v) is 8.32. The van der Waals surface area contributed by atoms with Crippen molar-refractivity contribution in [2.45, 2.75) is 39.9 Å². The fourth-order valence-electron chi connectivity index (χ4n) is 1.57. The molecule has 1 aliphatic rings. The molecule has 0 heterocycles. The lowest BCUT2D eigenvalue weighted by molar-refractivity contribution is -0.111. The van der Waals surface area contributed by atoms with E-state index in [0.29, 0.717) is 0 Å². The molecule has 2 heteroatoms. The Hall–Kier alpha value is -0.633. The zero-order chi connectivity index (χ0) is 10.2. The highest BCUT2D eigenvalue weighted by Crippen LogP contribution is 2.28. The first-order chi connectivity index (χ1) is 5.81. The Labute approximate surface area is 81.5 Å². The lowest BCUT2D eigenvalue weighted by Gasteiger charge is -2.10. The van der Waals surface area contributed by atoms with Crippen molar-refractivity contribution >= 4 is 13.9 Å².